The number of halogens is 1. The zero-order valence-corrected chi connectivity index (χ0v) is 16.6. The lowest BCUT2D eigenvalue weighted by Crippen LogP contribution is -2.09. The van der Waals surface area contributed by atoms with Crippen LogP contribution in [0.15, 0.2) is 12.2 Å². The van der Waals surface area contributed by atoms with Gasteiger partial charge in [0.2, 0.25) is 0 Å². The van der Waals surface area contributed by atoms with Gasteiger partial charge in [-0.3, -0.25) is 0 Å². The van der Waals surface area contributed by atoms with Gasteiger partial charge >= 0.3 is 0 Å². The maximum atomic E-state index is 6.23. The first-order valence-corrected chi connectivity index (χ1v) is 10.6. The van der Waals surface area contributed by atoms with Crippen molar-refractivity contribution in [1.29, 1.82) is 0 Å². The minimum absolute atomic E-state index is 0.207. The topological polar surface area (TPSA) is 9.23 Å². The van der Waals surface area contributed by atoms with Gasteiger partial charge in [0.1, 0.15) is 0 Å². The van der Waals surface area contributed by atoms with Gasteiger partial charge in [0.25, 0.3) is 0 Å². The van der Waals surface area contributed by atoms with Crippen LogP contribution in [0.1, 0.15) is 104 Å². The van der Waals surface area contributed by atoms with Crippen LogP contribution in [0.2, 0.25) is 0 Å². The summed E-state index contributed by atoms with van der Waals surface area (Å²) in [7, 11) is 0. The maximum absolute atomic E-state index is 6.23. The fraction of sp³-hybridized carbons (Fsp3) is 0.905. The molecule has 1 nitrogen and oxygen atoms in total. The second-order valence-electron chi connectivity index (χ2n) is 6.69. The average Bonchev–Trinajstić information content (AvgIpc) is 2.55. The van der Waals surface area contributed by atoms with E-state index >= 15 is 0 Å². The van der Waals surface area contributed by atoms with Gasteiger partial charge in [0, 0.05) is 6.61 Å². The van der Waals surface area contributed by atoms with Crippen LogP contribution in [0.25, 0.3) is 0 Å². The van der Waals surface area contributed by atoms with E-state index in [0.717, 1.165) is 26.1 Å². The molecule has 0 bridgehead atoms. The van der Waals surface area contributed by atoms with E-state index in [1.807, 2.05) is 0 Å². The summed E-state index contributed by atoms with van der Waals surface area (Å²) in [5, 5.41) is 0.207. The first-order valence-electron chi connectivity index (χ1n) is 10.2. The third kappa shape index (κ3) is 19.9. The largest absolute Gasteiger partial charge is 0.380 e. The van der Waals surface area contributed by atoms with Crippen LogP contribution >= 0.6 is 11.6 Å². The molecule has 0 fully saturated rings. The van der Waals surface area contributed by atoms with Crippen LogP contribution in [0.5, 0.6) is 0 Å². The zero-order chi connectivity index (χ0) is 17.0. The molecule has 0 aliphatic carbocycles. The van der Waals surface area contributed by atoms with Crippen LogP contribution in [-0.2, 0) is 4.74 Å². The molecular formula is C21H41ClO. The Morgan fingerprint density at radius 1 is 0.739 bits per heavy atom. The normalized spacial score (nSPS) is 13.0. The van der Waals surface area contributed by atoms with E-state index in [4.69, 9.17) is 16.3 Å². The quantitative estimate of drug-likeness (QED) is 0.141. The molecule has 0 N–H and O–H groups in total. The Bertz CT molecular complexity index is 240. The van der Waals surface area contributed by atoms with Crippen molar-refractivity contribution in [2.24, 2.45) is 0 Å². The second kappa shape index (κ2) is 20.0. The Balaban J connectivity index is 3.15. The number of alkyl halides is 1. The number of rotatable bonds is 18. The van der Waals surface area contributed by atoms with Gasteiger partial charge in [0.05, 0.1) is 12.0 Å². The number of hydrogen-bond acceptors (Lipinski definition) is 1. The molecule has 1 atom stereocenters. The zero-order valence-electron chi connectivity index (χ0n) is 15.8. The number of ether oxygens (including phenoxy) is 1. The predicted octanol–water partition coefficient (Wildman–Crippen LogP) is 7.67. The van der Waals surface area contributed by atoms with Crippen molar-refractivity contribution in [1.82, 2.24) is 0 Å². The maximum Gasteiger partial charge on any atom is 0.0630 e. The summed E-state index contributed by atoms with van der Waals surface area (Å²) in [4.78, 5) is 0. The summed E-state index contributed by atoms with van der Waals surface area (Å²) in [6.45, 7) is 5.97. The summed E-state index contributed by atoms with van der Waals surface area (Å²) >= 11 is 6.23. The Morgan fingerprint density at radius 3 is 1.91 bits per heavy atom. The lowest BCUT2D eigenvalue weighted by atomic mass is 10.1. The van der Waals surface area contributed by atoms with Gasteiger partial charge in [-0.2, -0.15) is 0 Å². The van der Waals surface area contributed by atoms with Gasteiger partial charge in [0.15, 0.2) is 0 Å². The molecule has 0 aliphatic rings. The minimum Gasteiger partial charge on any atom is -0.380 e. The first-order chi connectivity index (χ1) is 11.3. The van der Waals surface area contributed by atoms with Gasteiger partial charge in [-0.05, 0) is 38.5 Å². The lowest BCUT2D eigenvalue weighted by molar-refractivity contribution is 0.132. The van der Waals surface area contributed by atoms with E-state index in [1.54, 1.807) is 0 Å². The standard InChI is InChI=1S/C21H41ClO/c1-3-5-6-7-8-9-10-11-12-13-14-15-16-17-18-21(22)20-23-19-4-2/h11-12,21H,3-10,13-20H2,1-2H3/b12-11-. The van der Waals surface area contributed by atoms with Crippen molar-refractivity contribution in [2.45, 2.75) is 109 Å². The Hall–Kier alpha value is -0.0100. The Labute approximate surface area is 151 Å². The summed E-state index contributed by atoms with van der Waals surface area (Å²) in [6.07, 6.45) is 23.1. The second-order valence-corrected chi connectivity index (χ2v) is 7.31. The van der Waals surface area contributed by atoms with Gasteiger partial charge in [-0.15, -0.1) is 11.6 Å². The fourth-order valence-electron chi connectivity index (χ4n) is 2.70. The van der Waals surface area contributed by atoms with E-state index < -0.39 is 0 Å². The van der Waals surface area contributed by atoms with Gasteiger partial charge in [-0.25, -0.2) is 0 Å². The van der Waals surface area contributed by atoms with Gasteiger partial charge in [-0.1, -0.05) is 77.4 Å². The molecule has 0 aliphatic heterocycles. The highest BCUT2D eigenvalue weighted by molar-refractivity contribution is 6.20. The van der Waals surface area contributed by atoms with Gasteiger partial charge < -0.3 is 4.74 Å². The summed E-state index contributed by atoms with van der Waals surface area (Å²) in [5.41, 5.74) is 0. The molecule has 0 aromatic rings. The third-order valence-corrected chi connectivity index (χ3v) is 4.52. The lowest BCUT2D eigenvalue weighted by Gasteiger charge is -2.09. The van der Waals surface area contributed by atoms with Crippen molar-refractivity contribution in [3.05, 3.63) is 12.2 Å². The van der Waals surface area contributed by atoms with Crippen molar-refractivity contribution >= 4 is 11.6 Å². The van der Waals surface area contributed by atoms with Crippen LogP contribution < -0.4 is 0 Å². The average molecular weight is 345 g/mol. The molecular weight excluding hydrogens is 304 g/mol. The van der Waals surface area contributed by atoms with Crippen molar-refractivity contribution in [3.8, 4) is 0 Å². The molecule has 0 aromatic heterocycles. The van der Waals surface area contributed by atoms with Crippen LogP contribution in [0.3, 0.4) is 0 Å². The number of allylic oxidation sites excluding steroid dienone is 2. The highest BCUT2D eigenvalue weighted by Gasteiger charge is 2.03. The van der Waals surface area contributed by atoms with E-state index in [9.17, 15) is 0 Å². The van der Waals surface area contributed by atoms with E-state index in [1.165, 1.54) is 77.0 Å². The minimum atomic E-state index is 0.207. The third-order valence-electron chi connectivity index (χ3n) is 4.18. The molecule has 0 radical (unpaired) electrons. The molecule has 0 rings (SSSR count). The van der Waals surface area contributed by atoms with E-state index in [-0.39, 0.29) is 5.38 Å². The molecule has 0 saturated heterocycles. The molecule has 138 valence electrons. The smallest absolute Gasteiger partial charge is 0.0630 e. The molecule has 0 heterocycles. The molecule has 0 amide bonds. The molecule has 23 heavy (non-hydrogen) atoms. The Kier molecular flexibility index (Phi) is 20.0. The van der Waals surface area contributed by atoms with Crippen molar-refractivity contribution < 1.29 is 4.74 Å². The van der Waals surface area contributed by atoms with Crippen molar-refractivity contribution in [3.63, 3.8) is 0 Å². The molecule has 0 saturated carbocycles. The Morgan fingerprint density at radius 2 is 1.30 bits per heavy atom. The molecule has 0 aromatic carbocycles. The molecule has 2 heteroatoms. The fourth-order valence-corrected chi connectivity index (χ4v) is 2.94. The highest BCUT2D eigenvalue weighted by atomic mass is 35.5. The van der Waals surface area contributed by atoms with Crippen LogP contribution in [0.4, 0.5) is 0 Å². The molecule has 1 unspecified atom stereocenters. The highest BCUT2D eigenvalue weighted by Crippen LogP contribution is 2.12. The van der Waals surface area contributed by atoms with Crippen LogP contribution in [0, 0.1) is 0 Å². The first kappa shape index (κ1) is 23.0. The monoisotopic (exact) mass is 344 g/mol. The molecule has 0 spiro atoms. The number of hydrogen-bond donors (Lipinski definition) is 0. The van der Waals surface area contributed by atoms with Crippen LogP contribution in [-0.4, -0.2) is 18.6 Å². The van der Waals surface area contributed by atoms with E-state index in [0.29, 0.717) is 0 Å². The summed E-state index contributed by atoms with van der Waals surface area (Å²) in [5.74, 6) is 0. The predicted molar refractivity (Wildman–Crippen MR) is 106 cm³/mol. The van der Waals surface area contributed by atoms with Crippen molar-refractivity contribution in [2.75, 3.05) is 13.2 Å². The SMILES string of the molecule is CCCCCCCC/C=C\CCCCCCC(Cl)COCCC. The summed E-state index contributed by atoms with van der Waals surface area (Å²) in [6, 6.07) is 0. The number of unbranched alkanes of at least 4 members (excludes halogenated alkanes) is 10. The van der Waals surface area contributed by atoms with E-state index in [2.05, 4.69) is 26.0 Å². The summed E-state index contributed by atoms with van der Waals surface area (Å²) < 4.78 is 5.47.